The Morgan fingerprint density at radius 3 is 2.43 bits per heavy atom. The fourth-order valence-electron chi connectivity index (χ4n) is 5.83. The van der Waals surface area contributed by atoms with Crippen molar-refractivity contribution >= 4 is 5.78 Å². The average Bonchev–Trinajstić information content (AvgIpc) is 3.07. The van der Waals surface area contributed by atoms with Crippen molar-refractivity contribution < 1.29 is 4.79 Å². The Balaban J connectivity index is 2.01. The molecule has 110 valence electrons. The highest BCUT2D eigenvalue weighted by Crippen LogP contribution is 2.74. The summed E-state index contributed by atoms with van der Waals surface area (Å²) < 4.78 is 0. The Morgan fingerprint density at radius 2 is 1.76 bits per heavy atom. The maximum atomic E-state index is 12.6. The van der Waals surface area contributed by atoms with Gasteiger partial charge in [0.05, 0.1) is 0 Å². The highest BCUT2D eigenvalue weighted by atomic mass is 16.1. The molecule has 2 bridgehead atoms. The molecular formula is C18H22N2O. The summed E-state index contributed by atoms with van der Waals surface area (Å²) in [5.41, 5.74) is 0.0601. The van der Waals surface area contributed by atoms with E-state index in [4.69, 9.17) is 5.11 Å². The Hall–Kier alpha value is -1.51. The summed E-state index contributed by atoms with van der Waals surface area (Å²) in [7, 11) is 0. The van der Waals surface area contributed by atoms with Crippen molar-refractivity contribution in [3.63, 3.8) is 0 Å². The molecule has 0 N–H and O–H groups in total. The van der Waals surface area contributed by atoms with Crippen LogP contribution in [0, 0.1) is 17.3 Å². The molecular weight excluding hydrogens is 260 g/mol. The number of rotatable bonds is 2. The van der Waals surface area contributed by atoms with Crippen molar-refractivity contribution in [3.8, 4) is 0 Å². The molecule has 1 aromatic carbocycles. The predicted molar refractivity (Wildman–Crippen MR) is 81.0 cm³/mol. The first kappa shape index (κ1) is 13.2. The van der Waals surface area contributed by atoms with Gasteiger partial charge in [-0.1, -0.05) is 50.6 Å². The Bertz CT molecular complexity index is 636. The minimum atomic E-state index is -0.607. The molecule has 3 aliphatic rings. The van der Waals surface area contributed by atoms with Gasteiger partial charge in [-0.2, -0.15) is 10.2 Å². The van der Waals surface area contributed by atoms with Crippen LogP contribution in [0.15, 0.2) is 40.6 Å². The number of azo groups is 1. The molecule has 3 heteroatoms. The maximum absolute atomic E-state index is 12.6. The highest BCUT2D eigenvalue weighted by molar-refractivity contribution is 5.89. The van der Waals surface area contributed by atoms with E-state index in [9.17, 15) is 4.79 Å². The molecule has 0 saturated heterocycles. The largest absolute Gasteiger partial charge is 0.297 e. The normalized spacial score (nSPS) is 42.2. The van der Waals surface area contributed by atoms with Gasteiger partial charge < -0.3 is 0 Å². The number of fused-ring (bicyclic) bond motifs is 5. The Labute approximate surface area is 125 Å². The molecule has 1 heterocycles. The number of carbonyl (C=O) groups excluding carboxylic acids is 1. The SMILES string of the molecule is CC(=O)[C@]12N=N[C@](c3ccccc3)([C@@H]3CCC[C@@H]31)C2(C)C. The van der Waals surface area contributed by atoms with Gasteiger partial charge in [0.25, 0.3) is 0 Å². The first-order valence-corrected chi connectivity index (χ1v) is 7.99. The monoisotopic (exact) mass is 282 g/mol. The summed E-state index contributed by atoms with van der Waals surface area (Å²) in [4.78, 5) is 12.6. The number of Topliss-reactive ketones (excluding diaryl/α,β-unsaturated/α-hetero) is 1. The number of carbonyl (C=O) groups is 1. The molecule has 4 rings (SSSR count). The van der Waals surface area contributed by atoms with Crippen LogP contribution >= 0.6 is 0 Å². The van der Waals surface area contributed by atoms with Crippen LogP contribution in [0.4, 0.5) is 0 Å². The summed E-state index contributed by atoms with van der Waals surface area (Å²) in [5.74, 6) is 1.02. The average molecular weight is 282 g/mol. The van der Waals surface area contributed by atoms with Gasteiger partial charge in [-0.15, -0.1) is 0 Å². The molecule has 2 aliphatic carbocycles. The molecule has 0 spiro atoms. The molecule has 2 fully saturated rings. The molecule has 1 aliphatic heterocycles. The quantitative estimate of drug-likeness (QED) is 0.804. The maximum Gasteiger partial charge on any atom is 0.160 e. The fraction of sp³-hybridized carbons (Fsp3) is 0.611. The zero-order valence-corrected chi connectivity index (χ0v) is 13.0. The summed E-state index contributed by atoms with van der Waals surface area (Å²) >= 11 is 0. The number of hydrogen-bond acceptors (Lipinski definition) is 3. The Morgan fingerprint density at radius 1 is 1.10 bits per heavy atom. The van der Waals surface area contributed by atoms with Crippen molar-refractivity contribution in [1.82, 2.24) is 0 Å². The van der Waals surface area contributed by atoms with Crippen LogP contribution in [0.25, 0.3) is 0 Å². The van der Waals surface area contributed by atoms with E-state index in [1.807, 2.05) is 6.07 Å². The van der Waals surface area contributed by atoms with E-state index in [1.165, 1.54) is 12.0 Å². The lowest BCUT2D eigenvalue weighted by atomic mass is 9.62. The first-order chi connectivity index (χ1) is 9.98. The predicted octanol–water partition coefficient (Wildman–Crippen LogP) is 4.13. The second-order valence-electron chi connectivity index (χ2n) is 7.42. The van der Waals surface area contributed by atoms with Crippen LogP contribution in [-0.2, 0) is 10.3 Å². The van der Waals surface area contributed by atoms with Gasteiger partial charge in [-0.05, 0) is 37.2 Å². The molecule has 1 aromatic rings. The molecule has 0 amide bonds. The van der Waals surface area contributed by atoms with E-state index in [0.29, 0.717) is 11.8 Å². The second-order valence-corrected chi connectivity index (χ2v) is 7.42. The van der Waals surface area contributed by atoms with Crippen LogP contribution in [0.3, 0.4) is 0 Å². The standard InChI is InChI=1S/C18H22N2O/c1-12(21)17-14-10-7-11-15(14)18(20-19-17,16(17,2)3)13-8-5-4-6-9-13/h4-6,8-9,14-15H,7,10-11H2,1-3H3/t14-,15+,17-,18+/m0/s1. The summed E-state index contributed by atoms with van der Waals surface area (Å²) in [6, 6.07) is 10.5. The Kier molecular flexibility index (Phi) is 2.40. The third kappa shape index (κ3) is 1.17. The summed E-state index contributed by atoms with van der Waals surface area (Å²) in [5, 5.41) is 9.45. The summed E-state index contributed by atoms with van der Waals surface area (Å²) in [6.45, 7) is 6.13. The van der Waals surface area contributed by atoms with Crippen LogP contribution in [0.5, 0.6) is 0 Å². The molecule has 2 saturated carbocycles. The van der Waals surface area contributed by atoms with Gasteiger partial charge in [-0.3, -0.25) is 4.79 Å². The van der Waals surface area contributed by atoms with Crippen LogP contribution < -0.4 is 0 Å². The topological polar surface area (TPSA) is 41.8 Å². The molecule has 0 aromatic heterocycles. The zero-order valence-electron chi connectivity index (χ0n) is 13.0. The third-order valence-corrected chi connectivity index (χ3v) is 6.61. The number of hydrogen-bond donors (Lipinski definition) is 0. The van der Waals surface area contributed by atoms with Crippen LogP contribution in [-0.4, -0.2) is 11.3 Å². The van der Waals surface area contributed by atoms with E-state index in [2.05, 4.69) is 43.2 Å². The molecule has 4 atom stereocenters. The van der Waals surface area contributed by atoms with E-state index < -0.39 is 5.54 Å². The number of ketones is 1. The van der Waals surface area contributed by atoms with Gasteiger partial charge in [0.1, 0.15) is 5.54 Å². The molecule has 0 unspecified atom stereocenters. The lowest BCUT2D eigenvalue weighted by Gasteiger charge is -2.40. The van der Waals surface area contributed by atoms with Crippen molar-refractivity contribution in [3.05, 3.63) is 35.9 Å². The minimum absolute atomic E-state index is 0.198. The van der Waals surface area contributed by atoms with Crippen LogP contribution in [0.1, 0.15) is 45.6 Å². The van der Waals surface area contributed by atoms with Crippen LogP contribution in [0.2, 0.25) is 0 Å². The van der Waals surface area contributed by atoms with Gasteiger partial charge in [0, 0.05) is 5.41 Å². The van der Waals surface area contributed by atoms with Gasteiger partial charge in [-0.25, -0.2) is 0 Å². The van der Waals surface area contributed by atoms with Gasteiger partial charge in [0.2, 0.25) is 0 Å². The summed E-state index contributed by atoms with van der Waals surface area (Å²) in [6.07, 6.45) is 3.47. The fourth-order valence-corrected chi connectivity index (χ4v) is 5.83. The molecule has 0 radical (unpaired) electrons. The number of nitrogens with zero attached hydrogens (tertiary/aromatic N) is 2. The molecule has 3 nitrogen and oxygen atoms in total. The third-order valence-electron chi connectivity index (χ3n) is 6.61. The highest BCUT2D eigenvalue weighted by Gasteiger charge is 2.79. The zero-order chi connectivity index (χ0) is 14.9. The number of benzene rings is 1. The molecule has 21 heavy (non-hydrogen) atoms. The smallest absolute Gasteiger partial charge is 0.160 e. The van der Waals surface area contributed by atoms with E-state index in [0.717, 1.165) is 12.8 Å². The minimum Gasteiger partial charge on any atom is -0.297 e. The van der Waals surface area contributed by atoms with Gasteiger partial charge >= 0.3 is 0 Å². The van der Waals surface area contributed by atoms with E-state index in [1.54, 1.807) is 6.92 Å². The van der Waals surface area contributed by atoms with E-state index >= 15 is 0 Å². The lowest BCUT2D eigenvalue weighted by Crippen LogP contribution is -2.50. The van der Waals surface area contributed by atoms with Crippen molar-refractivity contribution in [2.24, 2.45) is 27.5 Å². The lowest BCUT2D eigenvalue weighted by molar-refractivity contribution is -0.126. The van der Waals surface area contributed by atoms with Crippen molar-refractivity contribution in [2.75, 3.05) is 0 Å². The van der Waals surface area contributed by atoms with Crippen molar-refractivity contribution in [1.29, 1.82) is 0 Å². The van der Waals surface area contributed by atoms with Gasteiger partial charge in [0.15, 0.2) is 11.3 Å². The van der Waals surface area contributed by atoms with Crippen molar-refractivity contribution in [2.45, 2.75) is 51.1 Å². The van der Waals surface area contributed by atoms with E-state index in [-0.39, 0.29) is 16.7 Å². The second kappa shape index (κ2) is 3.82. The first-order valence-electron chi connectivity index (χ1n) is 7.99.